The Kier molecular flexibility index (Phi) is 4.11. The van der Waals surface area contributed by atoms with Crippen molar-refractivity contribution in [3.63, 3.8) is 0 Å². The van der Waals surface area contributed by atoms with E-state index in [1.165, 1.54) is 6.26 Å². The number of aromatic nitrogens is 3. The van der Waals surface area contributed by atoms with Crippen LogP contribution in [0.3, 0.4) is 0 Å². The topological polar surface area (TPSA) is 85.2 Å². The predicted octanol–water partition coefficient (Wildman–Crippen LogP) is 2.28. The van der Waals surface area contributed by atoms with Gasteiger partial charge in [-0.05, 0) is 36.8 Å². The molecular formula is C20H20N4O3S. The number of nitrogens with zero attached hydrogens (tertiary/aromatic N) is 4. The van der Waals surface area contributed by atoms with Crippen LogP contribution >= 0.6 is 0 Å². The molecule has 1 aliphatic heterocycles. The summed E-state index contributed by atoms with van der Waals surface area (Å²) in [6.45, 7) is 1.88. The van der Waals surface area contributed by atoms with Crippen molar-refractivity contribution in [3.05, 3.63) is 60.6 Å². The van der Waals surface area contributed by atoms with Crippen LogP contribution in [0.15, 0.2) is 59.9 Å². The zero-order valence-electron chi connectivity index (χ0n) is 15.8. The van der Waals surface area contributed by atoms with Gasteiger partial charge in [0.2, 0.25) is 5.95 Å². The van der Waals surface area contributed by atoms with Crippen LogP contribution in [0, 0.1) is 0 Å². The van der Waals surface area contributed by atoms with Crippen LogP contribution in [-0.2, 0) is 26.6 Å². The molecule has 4 rings (SSSR count). The molecule has 0 N–H and O–H groups in total. The highest BCUT2D eigenvalue weighted by molar-refractivity contribution is 7.90. The highest BCUT2D eigenvalue weighted by atomic mass is 32.2. The maximum atomic E-state index is 13.1. The molecule has 3 heterocycles. The monoisotopic (exact) mass is 396 g/mol. The third-order valence-electron chi connectivity index (χ3n) is 5.16. The number of fused-ring (bicyclic) bond motifs is 1. The number of amides is 1. The van der Waals surface area contributed by atoms with Gasteiger partial charge in [-0.1, -0.05) is 12.1 Å². The number of carbonyl (C=O) groups excluding carboxylic acids is 1. The predicted molar refractivity (Wildman–Crippen MR) is 106 cm³/mol. The number of carbonyl (C=O) groups is 1. The number of hydrogen-bond donors (Lipinski definition) is 0. The second kappa shape index (κ2) is 6.27. The zero-order valence-corrected chi connectivity index (χ0v) is 16.6. The van der Waals surface area contributed by atoms with Gasteiger partial charge in [0, 0.05) is 37.7 Å². The molecule has 144 valence electrons. The van der Waals surface area contributed by atoms with Gasteiger partial charge in [-0.25, -0.2) is 13.4 Å². The standard InChI is InChI=1S/C20H20N4O3S/c1-20(11-14-6-8-16(9-7-14)28(3,26)27)18(25)23(2)19-22-13-17(24(19)20)15-5-4-10-21-12-15/h4-10,12-13H,11H2,1-3H3. The third-order valence-corrected chi connectivity index (χ3v) is 6.29. The maximum absolute atomic E-state index is 13.1. The second-order valence-electron chi connectivity index (χ2n) is 7.25. The van der Waals surface area contributed by atoms with Gasteiger partial charge in [0.15, 0.2) is 9.84 Å². The Labute approximate surface area is 163 Å². The highest BCUT2D eigenvalue weighted by Crippen LogP contribution is 2.40. The van der Waals surface area contributed by atoms with Crippen molar-refractivity contribution in [2.45, 2.75) is 23.8 Å². The molecule has 0 radical (unpaired) electrons. The first-order valence-electron chi connectivity index (χ1n) is 8.77. The summed E-state index contributed by atoms with van der Waals surface area (Å²) < 4.78 is 25.3. The molecular weight excluding hydrogens is 376 g/mol. The van der Waals surface area contributed by atoms with Gasteiger partial charge in [0.05, 0.1) is 16.8 Å². The summed E-state index contributed by atoms with van der Waals surface area (Å²) in [5, 5.41) is 0. The lowest BCUT2D eigenvalue weighted by molar-refractivity contribution is -0.124. The van der Waals surface area contributed by atoms with E-state index in [1.807, 2.05) is 23.6 Å². The van der Waals surface area contributed by atoms with Crippen LogP contribution in [0.5, 0.6) is 0 Å². The van der Waals surface area contributed by atoms with Gasteiger partial charge in [-0.3, -0.25) is 19.2 Å². The Morgan fingerprint density at radius 1 is 1.11 bits per heavy atom. The molecule has 0 bridgehead atoms. The van der Waals surface area contributed by atoms with E-state index in [1.54, 1.807) is 54.8 Å². The summed E-state index contributed by atoms with van der Waals surface area (Å²) >= 11 is 0. The highest BCUT2D eigenvalue weighted by Gasteiger charge is 2.48. The summed E-state index contributed by atoms with van der Waals surface area (Å²) in [5.74, 6) is 0.520. The molecule has 0 spiro atoms. The van der Waals surface area contributed by atoms with Crippen LogP contribution in [0.25, 0.3) is 11.3 Å². The van der Waals surface area contributed by atoms with Gasteiger partial charge in [0.25, 0.3) is 5.91 Å². The number of benzene rings is 1. The fourth-order valence-corrected chi connectivity index (χ4v) is 4.37. The second-order valence-corrected chi connectivity index (χ2v) is 9.27. The van der Waals surface area contributed by atoms with Crippen LogP contribution in [0.2, 0.25) is 0 Å². The molecule has 0 saturated carbocycles. The number of hydrogen-bond acceptors (Lipinski definition) is 5. The van der Waals surface area contributed by atoms with E-state index in [-0.39, 0.29) is 10.8 Å². The van der Waals surface area contributed by atoms with Gasteiger partial charge < -0.3 is 0 Å². The SMILES string of the molecule is CN1C(=O)C(C)(Cc2ccc(S(C)(=O)=O)cc2)n2c(-c3cccnc3)cnc21. The van der Waals surface area contributed by atoms with Crippen molar-refractivity contribution in [1.29, 1.82) is 0 Å². The molecule has 1 aromatic carbocycles. The largest absolute Gasteiger partial charge is 0.294 e. The lowest BCUT2D eigenvalue weighted by Crippen LogP contribution is -2.41. The molecule has 0 aliphatic carbocycles. The average molecular weight is 396 g/mol. The van der Waals surface area contributed by atoms with Gasteiger partial charge >= 0.3 is 0 Å². The molecule has 1 unspecified atom stereocenters. The Morgan fingerprint density at radius 2 is 1.82 bits per heavy atom. The summed E-state index contributed by atoms with van der Waals surface area (Å²) in [6.07, 6.45) is 6.78. The van der Waals surface area contributed by atoms with Gasteiger partial charge in [0.1, 0.15) is 5.54 Å². The molecule has 0 saturated heterocycles. The summed E-state index contributed by atoms with van der Waals surface area (Å²) in [4.78, 5) is 23.6. The number of likely N-dealkylation sites (N-methyl/N-ethyl adjacent to an activating group) is 1. The number of pyridine rings is 1. The van der Waals surface area contributed by atoms with E-state index < -0.39 is 15.4 Å². The molecule has 7 nitrogen and oxygen atoms in total. The fourth-order valence-electron chi connectivity index (χ4n) is 3.74. The first kappa shape index (κ1) is 18.4. The molecule has 8 heteroatoms. The smallest absolute Gasteiger partial charge is 0.255 e. The van der Waals surface area contributed by atoms with E-state index >= 15 is 0 Å². The third kappa shape index (κ3) is 2.80. The molecule has 1 aliphatic rings. The van der Waals surface area contributed by atoms with E-state index in [0.29, 0.717) is 12.4 Å². The molecule has 1 amide bonds. The summed E-state index contributed by atoms with van der Waals surface area (Å²) in [5.41, 5.74) is 1.69. The van der Waals surface area contributed by atoms with Crippen molar-refractivity contribution in [3.8, 4) is 11.3 Å². The van der Waals surface area contributed by atoms with Crippen LogP contribution in [0.1, 0.15) is 12.5 Å². The van der Waals surface area contributed by atoms with Crippen LogP contribution < -0.4 is 4.90 Å². The van der Waals surface area contributed by atoms with Crippen molar-refractivity contribution in [1.82, 2.24) is 14.5 Å². The zero-order chi connectivity index (χ0) is 20.1. The van der Waals surface area contributed by atoms with Gasteiger partial charge in [-0.2, -0.15) is 0 Å². The Morgan fingerprint density at radius 3 is 2.43 bits per heavy atom. The lowest BCUT2D eigenvalue weighted by Gasteiger charge is -2.26. The molecule has 28 heavy (non-hydrogen) atoms. The Balaban J connectivity index is 1.78. The molecule has 3 aromatic rings. The molecule has 0 fully saturated rings. The normalized spacial score (nSPS) is 19.1. The molecule has 2 aromatic heterocycles. The number of rotatable bonds is 4. The first-order chi connectivity index (χ1) is 13.2. The number of imidazole rings is 1. The van der Waals surface area contributed by atoms with Gasteiger partial charge in [-0.15, -0.1) is 0 Å². The van der Waals surface area contributed by atoms with Crippen molar-refractivity contribution >= 4 is 21.7 Å². The first-order valence-corrected chi connectivity index (χ1v) is 10.7. The fraction of sp³-hybridized carbons (Fsp3) is 0.250. The maximum Gasteiger partial charge on any atom is 0.255 e. The summed E-state index contributed by atoms with van der Waals surface area (Å²) in [6, 6.07) is 10.4. The summed E-state index contributed by atoms with van der Waals surface area (Å²) in [7, 11) is -1.55. The number of sulfone groups is 1. The minimum atomic E-state index is -3.26. The van der Waals surface area contributed by atoms with Crippen LogP contribution in [0.4, 0.5) is 5.95 Å². The van der Waals surface area contributed by atoms with E-state index in [9.17, 15) is 13.2 Å². The minimum Gasteiger partial charge on any atom is -0.294 e. The minimum absolute atomic E-state index is 0.0621. The number of anilines is 1. The lowest BCUT2D eigenvalue weighted by atomic mass is 9.91. The average Bonchev–Trinajstić information content (AvgIpc) is 3.19. The Bertz CT molecular complexity index is 1150. The Hall–Kier alpha value is -3.00. The van der Waals surface area contributed by atoms with Crippen molar-refractivity contribution < 1.29 is 13.2 Å². The van der Waals surface area contributed by atoms with E-state index in [0.717, 1.165) is 16.8 Å². The van der Waals surface area contributed by atoms with Crippen LogP contribution in [-0.4, -0.2) is 42.2 Å². The van der Waals surface area contributed by atoms with E-state index in [4.69, 9.17) is 0 Å². The van der Waals surface area contributed by atoms with Crippen molar-refractivity contribution in [2.75, 3.05) is 18.2 Å². The van der Waals surface area contributed by atoms with Crippen molar-refractivity contribution in [2.24, 2.45) is 0 Å². The quantitative estimate of drug-likeness (QED) is 0.675. The van der Waals surface area contributed by atoms with E-state index in [2.05, 4.69) is 9.97 Å². The molecule has 1 atom stereocenters.